The maximum atomic E-state index is 12.8. The fourth-order valence-electron chi connectivity index (χ4n) is 3.19. The molecule has 1 N–H and O–H groups in total. The van der Waals surface area contributed by atoms with Crippen LogP contribution < -0.4 is 5.32 Å². The van der Waals surface area contributed by atoms with Crippen LogP contribution in [0.2, 0.25) is 0 Å². The van der Waals surface area contributed by atoms with Gasteiger partial charge >= 0.3 is 0 Å². The number of amides is 2. The second-order valence-electron chi connectivity index (χ2n) is 8.15. The normalized spacial score (nSPS) is 22.1. The molecule has 1 atom stereocenters. The van der Waals surface area contributed by atoms with Gasteiger partial charge < -0.3 is 10.2 Å². The molecule has 0 saturated heterocycles. The van der Waals surface area contributed by atoms with Gasteiger partial charge in [-0.25, -0.2) is 0 Å². The van der Waals surface area contributed by atoms with Crippen LogP contribution in [0.15, 0.2) is 24.4 Å². The highest BCUT2D eigenvalue weighted by atomic mass is 16.2. The van der Waals surface area contributed by atoms with Gasteiger partial charge in [-0.3, -0.25) is 14.6 Å². The molecule has 1 aliphatic rings. The van der Waals surface area contributed by atoms with Crippen molar-refractivity contribution in [1.82, 2.24) is 15.2 Å². The third-order valence-corrected chi connectivity index (χ3v) is 5.14. The smallest absolute Gasteiger partial charge is 0.225 e. The predicted molar refractivity (Wildman–Crippen MR) is 98.8 cm³/mol. The van der Waals surface area contributed by atoms with Gasteiger partial charge in [-0.2, -0.15) is 0 Å². The lowest BCUT2D eigenvalue weighted by Crippen LogP contribution is -2.45. The number of carbonyl (C=O) groups is 2. The van der Waals surface area contributed by atoms with E-state index < -0.39 is 0 Å². The Hall–Kier alpha value is -1.91. The maximum Gasteiger partial charge on any atom is 0.225 e. The summed E-state index contributed by atoms with van der Waals surface area (Å²) in [4.78, 5) is 31.1. The van der Waals surface area contributed by atoms with Crippen LogP contribution >= 0.6 is 0 Å². The first-order valence-corrected chi connectivity index (χ1v) is 9.18. The molecule has 1 saturated carbocycles. The predicted octanol–water partition coefficient (Wildman–Crippen LogP) is 3.32. The van der Waals surface area contributed by atoms with Crippen molar-refractivity contribution in [2.45, 2.75) is 65.5 Å². The summed E-state index contributed by atoms with van der Waals surface area (Å²) >= 11 is 0. The fourth-order valence-corrected chi connectivity index (χ4v) is 3.19. The van der Waals surface area contributed by atoms with Crippen LogP contribution in [0, 0.1) is 11.3 Å². The molecule has 5 heteroatoms. The molecule has 1 aromatic rings. The van der Waals surface area contributed by atoms with Gasteiger partial charge in [0.2, 0.25) is 11.8 Å². The minimum Gasteiger partial charge on any atom is -0.353 e. The molecule has 5 nitrogen and oxygen atoms in total. The van der Waals surface area contributed by atoms with E-state index in [-0.39, 0.29) is 35.2 Å². The Labute approximate surface area is 151 Å². The first kappa shape index (κ1) is 19.4. The van der Waals surface area contributed by atoms with Gasteiger partial charge in [0.25, 0.3) is 0 Å². The second-order valence-corrected chi connectivity index (χ2v) is 8.15. The van der Waals surface area contributed by atoms with Crippen molar-refractivity contribution >= 4 is 11.8 Å². The summed E-state index contributed by atoms with van der Waals surface area (Å²) in [5.74, 6) is 0.306. The number of nitrogens with one attached hydrogen (secondary N) is 1. The molecule has 25 heavy (non-hydrogen) atoms. The summed E-state index contributed by atoms with van der Waals surface area (Å²) in [6, 6.07) is 5.93. The number of carbonyl (C=O) groups excluding carboxylic acids is 2. The van der Waals surface area contributed by atoms with Gasteiger partial charge in [0.05, 0.1) is 11.7 Å². The van der Waals surface area contributed by atoms with Crippen molar-refractivity contribution in [3.05, 3.63) is 30.1 Å². The van der Waals surface area contributed by atoms with Gasteiger partial charge in [0.15, 0.2) is 0 Å². The van der Waals surface area contributed by atoms with Crippen LogP contribution in [-0.4, -0.2) is 34.8 Å². The highest BCUT2D eigenvalue weighted by molar-refractivity contribution is 5.82. The fraction of sp³-hybridized carbons (Fsp3) is 0.650. The quantitative estimate of drug-likeness (QED) is 0.910. The minimum atomic E-state index is -0.370. The molecule has 0 aliphatic heterocycles. The standard InChI is InChI=1S/C20H31N3O2/c1-14(17-8-6-7-13-21-17)23(5)18(24)15-9-11-16(12-10-15)22-19(25)20(2,3)4/h6-8,13-16H,9-12H2,1-5H3,(H,22,25). The number of hydrogen-bond donors (Lipinski definition) is 1. The van der Waals surface area contributed by atoms with Crippen molar-refractivity contribution in [3.8, 4) is 0 Å². The van der Waals surface area contributed by atoms with E-state index in [1.807, 2.05) is 52.9 Å². The summed E-state index contributed by atoms with van der Waals surface area (Å²) in [6.07, 6.45) is 5.14. The lowest BCUT2D eigenvalue weighted by atomic mass is 9.84. The third-order valence-electron chi connectivity index (χ3n) is 5.14. The van der Waals surface area contributed by atoms with Crippen molar-refractivity contribution in [2.75, 3.05) is 7.05 Å². The summed E-state index contributed by atoms with van der Waals surface area (Å²) in [7, 11) is 1.86. The van der Waals surface area contributed by atoms with Gasteiger partial charge in [0, 0.05) is 30.6 Å². The van der Waals surface area contributed by atoms with Crippen LogP contribution in [0.25, 0.3) is 0 Å². The van der Waals surface area contributed by atoms with E-state index in [1.165, 1.54) is 0 Å². The largest absolute Gasteiger partial charge is 0.353 e. The Kier molecular flexibility index (Phi) is 6.20. The lowest BCUT2D eigenvalue weighted by Gasteiger charge is -2.34. The number of pyridine rings is 1. The number of hydrogen-bond acceptors (Lipinski definition) is 3. The Morgan fingerprint density at radius 1 is 1.20 bits per heavy atom. The summed E-state index contributed by atoms with van der Waals surface area (Å²) < 4.78 is 0. The molecule has 0 spiro atoms. The van der Waals surface area contributed by atoms with Gasteiger partial charge in [0.1, 0.15) is 0 Å². The zero-order valence-electron chi connectivity index (χ0n) is 16.1. The first-order valence-electron chi connectivity index (χ1n) is 9.18. The molecular weight excluding hydrogens is 314 g/mol. The SMILES string of the molecule is CC(c1ccccn1)N(C)C(=O)C1CCC(NC(=O)C(C)(C)C)CC1. The Bertz CT molecular complexity index is 587. The van der Waals surface area contributed by atoms with Gasteiger partial charge in [-0.15, -0.1) is 0 Å². The molecular formula is C20H31N3O2. The molecule has 1 aromatic heterocycles. The van der Waals surface area contributed by atoms with E-state index in [4.69, 9.17) is 0 Å². The molecule has 2 amide bonds. The van der Waals surface area contributed by atoms with Gasteiger partial charge in [-0.1, -0.05) is 26.8 Å². The number of nitrogens with zero attached hydrogens (tertiary/aromatic N) is 2. The maximum absolute atomic E-state index is 12.8. The van der Waals surface area contributed by atoms with E-state index >= 15 is 0 Å². The van der Waals surface area contributed by atoms with E-state index in [0.717, 1.165) is 31.4 Å². The van der Waals surface area contributed by atoms with Crippen LogP contribution in [-0.2, 0) is 9.59 Å². The van der Waals surface area contributed by atoms with E-state index in [0.29, 0.717) is 0 Å². The zero-order chi connectivity index (χ0) is 18.6. The topological polar surface area (TPSA) is 62.3 Å². The molecule has 0 bridgehead atoms. The van der Waals surface area contributed by atoms with E-state index in [9.17, 15) is 9.59 Å². The van der Waals surface area contributed by atoms with Crippen LogP contribution in [0.1, 0.15) is 65.1 Å². The van der Waals surface area contributed by atoms with E-state index in [2.05, 4.69) is 10.3 Å². The minimum absolute atomic E-state index is 0.0352. The highest BCUT2D eigenvalue weighted by Crippen LogP contribution is 2.29. The van der Waals surface area contributed by atoms with Crippen molar-refractivity contribution < 1.29 is 9.59 Å². The molecule has 0 radical (unpaired) electrons. The van der Waals surface area contributed by atoms with E-state index in [1.54, 1.807) is 11.1 Å². The zero-order valence-corrected chi connectivity index (χ0v) is 16.1. The van der Waals surface area contributed by atoms with Gasteiger partial charge in [-0.05, 0) is 44.7 Å². The summed E-state index contributed by atoms with van der Waals surface area (Å²) in [6.45, 7) is 7.78. The van der Waals surface area contributed by atoms with Crippen molar-refractivity contribution in [1.29, 1.82) is 0 Å². The number of aromatic nitrogens is 1. The highest BCUT2D eigenvalue weighted by Gasteiger charge is 2.32. The molecule has 1 heterocycles. The average molecular weight is 345 g/mol. The van der Waals surface area contributed by atoms with Crippen molar-refractivity contribution in [2.24, 2.45) is 11.3 Å². The van der Waals surface area contributed by atoms with Crippen molar-refractivity contribution in [3.63, 3.8) is 0 Å². The third kappa shape index (κ3) is 5.03. The van der Waals surface area contributed by atoms with Crippen LogP contribution in [0.3, 0.4) is 0 Å². The summed E-state index contributed by atoms with van der Waals surface area (Å²) in [5, 5.41) is 3.12. The Balaban J connectivity index is 1.87. The van der Waals surface area contributed by atoms with Crippen LogP contribution in [0.5, 0.6) is 0 Å². The average Bonchev–Trinajstić information content (AvgIpc) is 2.60. The Morgan fingerprint density at radius 3 is 2.36 bits per heavy atom. The summed E-state index contributed by atoms with van der Waals surface area (Å²) in [5.41, 5.74) is 0.537. The second kappa shape index (κ2) is 7.98. The molecule has 1 fully saturated rings. The molecule has 1 unspecified atom stereocenters. The molecule has 138 valence electrons. The number of rotatable bonds is 4. The Morgan fingerprint density at radius 2 is 1.84 bits per heavy atom. The molecule has 2 rings (SSSR count). The molecule has 0 aromatic carbocycles. The van der Waals surface area contributed by atoms with Crippen LogP contribution in [0.4, 0.5) is 0 Å². The lowest BCUT2D eigenvalue weighted by molar-refractivity contribution is -0.137. The first-order chi connectivity index (χ1) is 11.7. The molecule has 1 aliphatic carbocycles. The monoisotopic (exact) mass is 345 g/mol.